The van der Waals surface area contributed by atoms with Crippen molar-refractivity contribution in [1.82, 2.24) is 15.5 Å². The van der Waals surface area contributed by atoms with Crippen molar-refractivity contribution in [3.8, 4) is 11.4 Å². The maximum absolute atomic E-state index is 12.5. The van der Waals surface area contributed by atoms with Crippen LogP contribution in [0.3, 0.4) is 0 Å². The minimum Gasteiger partial charge on any atom is -0.465 e. The second-order valence-electron chi connectivity index (χ2n) is 6.21. The monoisotopic (exact) mass is 394 g/mol. The van der Waals surface area contributed by atoms with Crippen molar-refractivity contribution in [2.24, 2.45) is 5.92 Å². The summed E-state index contributed by atoms with van der Waals surface area (Å²) in [5, 5.41) is 14.0. The van der Waals surface area contributed by atoms with Gasteiger partial charge in [-0.1, -0.05) is 29.4 Å². The van der Waals surface area contributed by atoms with E-state index in [9.17, 15) is 18.0 Å². The maximum atomic E-state index is 12.5. The van der Waals surface area contributed by atoms with Gasteiger partial charge in [-0.05, 0) is 24.3 Å². The van der Waals surface area contributed by atoms with Crippen molar-refractivity contribution in [2.45, 2.75) is 25.6 Å². The first-order chi connectivity index (χ1) is 13.3. The van der Waals surface area contributed by atoms with Gasteiger partial charge in [0.05, 0.1) is 12.7 Å². The topological polar surface area (TPSA) is 101 Å². The van der Waals surface area contributed by atoms with Gasteiger partial charge in [0.1, 0.15) is 0 Å². The molecule has 148 valence electrons. The van der Waals surface area contributed by atoms with Gasteiger partial charge in [-0.25, -0.2) is 4.79 Å². The highest BCUT2D eigenvalue weighted by molar-refractivity contribution is 6.09. The molecule has 10 heteroatoms. The SMILES string of the molecule is COC(=O)/C(C=N)=C(/NCc1ccc(-c2noc(C(F)(F)F)n2)cc1)C1CC1. The molecular weight excluding hydrogens is 377 g/mol. The number of allylic oxidation sites excluding steroid dienone is 1. The Balaban J connectivity index is 1.72. The zero-order valence-electron chi connectivity index (χ0n) is 14.8. The van der Waals surface area contributed by atoms with Crippen molar-refractivity contribution in [1.29, 1.82) is 5.41 Å². The average molecular weight is 394 g/mol. The fourth-order valence-electron chi connectivity index (χ4n) is 2.61. The van der Waals surface area contributed by atoms with Gasteiger partial charge < -0.3 is 20.0 Å². The van der Waals surface area contributed by atoms with Crippen LogP contribution in [-0.2, 0) is 22.3 Å². The molecule has 7 nitrogen and oxygen atoms in total. The Labute approximate surface area is 158 Å². The highest BCUT2D eigenvalue weighted by Gasteiger charge is 2.38. The number of carbonyl (C=O) groups excluding carboxylic acids is 1. The fourth-order valence-corrected chi connectivity index (χ4v) is 2.61. The number of ether oxygens (including phenoxy) is 1. The number of alkyl halides is 3. The summed E-state index contributed by atoms with van der Waals surface area (Å²) in [6.07, 6.45) is -1.86. The molecule has 0 spiro atoms. The quantitative estimate of drug-likeness (QED) is 0.424. The van der Waals surface area contributed by atoms with E-state index in [2.05, 4.69) is 20.0 Å². The molecule has 0 unspecified atom stereocenters. The van der Waals surface area contributed by atoms with Gasteiger partial charge in [0, 0.05) is 24.0 Å². The minimum atomic E-state index is -4.69. The number of methoxy groups -OCH3 is 1. The molecule has 1 aliphatic carbocycles. The van der Waals surface area contributed by atoms with Crippen LogP contribution >= 0.6 is 0 Å². The zero-order valence-corrected chi connectivity index (χ0v) is 14.8. The van der Waals surface area contributed by atoms with Gasteiger partial charge in [-0.3, -0.25) is 0 Å². The van der Waals surface area contributed by atoms with E-state index in [-0.39, 0.29) is 17.3 Å². The highest BCUT2D eigenvalue weighted by Crippen LogP contribution is 2.36. The molecule has 1 heterocycles. The average Bonchev–Trinajstić information content (AvgIpc) is 3.38. The number of carbonyl (C=O) groups is 1. The van der Waals surface area contributed by atoms with Crippen molar-refractivity contribution in [3.05, 3.63) is 47.0 Å². The third kappa shape index (κ3) is 4.38. The van der Waals surface area contributed by atoms with Crippen molar-refractivity contribution < 1.29 is 27.2 Å². The summed E-state index contributed by atoms with van der Waals surface area (Å²) in [5.74, 6) is -1.93. The van der Waals surface area contributed by atoms with Gasteiger partial charge in [-0.15, -0.1) is 0 Å². The summed E-state index contributed by atoms with van der Waals surface area (Å²) < 4.78 is 46.6. The van der Waals surface area contributed by atoms with Crippen molar-refractivity contribution >= 4 is 12.2 Å². The largest absolute Gasteiger partial charge is 0.471 e. The van der Waals surface area contributed by atoms with E-state index in [0.717, 1.165) is 24.6 Å². The molecule has 0 aliphatic heterocycles. The van der Waals surface area contributed by atoms with E-state index in [1.165, 1.54) is 7.11 Å². The van der Waals surface area contributed by atoms with E-state index in [1.54, 1.807) is 24.3 Å². The summed E-state index contributed by atoms with van der Waals surface area (Å²) in [5.41, 5.74) is 2.07. The van der Waals surface area contributed by atoms with Crippen LogP contribution in [0.15, 0.2) is 40.1 Å². The standard InChI is InChI=1S/C18H17F3N4O3/c1-27-16(26)13(8-22)14(11-6-7-11)23-9-10-2-4-12(5-3-10)15-24-17(28-25-15)18(19,20)21/h2-5,8,11,22-23H,6-7,9H2,1H3/b14-13+,22-8?. The number of hydrogen-bond acceptors (Lipinski definition) is 7. The molecule has 1 fully saturated rings. The summed E-state index contributed by atoms with van der Waals surface area (Å²) in [6.45, 7) is 0.375. The molecule has 2 N–H and O–H groups in total. The normalized spacial score (nSPS) is 15.0. The summed E-state index contributed by atoms with van der Waals surface area (Å²) in [7, 11) is 1.26. The molecule has 1 aromatic carbocycles. The number of esters is 1. The van der Waals surface area contributed by atoms with Gasteiger partial charge in [-0.2, -0.15) is 18.2 Å². The molecule has 0 saturated heterocycles. The van der Waals surface area contributed by atoms with Crippen LogP contribution < -0.4 is 5.32 Å². The molecule has 3 rings (SSSR count). The third-order valence-electron chi connectivity index (χ3n) is 4.19. The number of aromatic nitrogens is 2. The van der Waals surface area contributed by atoms with E-state index in [0.29, 0.717) is 17.8 Å². The Morgan fingerprint density at radius 2 is 2.04 bits per heavy atom. The molecule has 1 aromatic heterocycles. The Kier molecular flexibility index (Phi) is 5.48. The summed E-state index contributed by atoms with van der Waals surface area (Å²) >= 11 is 0. The van der Waals surface area contributed by atoms with Crippen LogP contribution in [0.25, 0.3) is 11.4 Å². The molecular formula is C18H17F3N4O3. The number of nitrogens with one attached hydrogen (secondary N) is 2. The van der Waals surface area contributed by atoms with Crippen molar-refractivity contribution in [3.63, 3.8) is 0 Å². The molecule has 1 aliphatic rings. The second kappa shape index (κ2) is 7.83. The Morgan fingerprint density at radius 1 is 1.36 bits per heavy atom. The maximum Gasteiger partial charge on any atom is 0.471 e. The smallest absolute Gasteiger partial charge is 0.465 e. The number of halogens is 3. The van der Waals surface area contributed by atoms with Gasteiger partial charge in [0.2, 0.25) is 5.82 Å². The molecule has 1 saturated carbocycles. The summed E-state index contributed by atoms with van der Waals surface area (Å²) in [6, 6.07) is 6.58. The lowest BCUT2D eigenvalue weighted by atomic mass is 10.1. The lowest BCUT2D eigenvalue weighted by molar-refractivity contribution is -0.159. The first kappa shape index (κ1) is 19.6. The second-order valence-corrected chi connectivity index (χ2v) is 6.21. The van der Waals surface area contributed by atoms with Crippen LogP contribution in [0, 0.1) is 11.3 Å². The minimum absolute atomic E-state index is 0.151. The number of rotatable bonds is 7. The van der Waals surface area contributed by atoms with Crippen molar-refractivity contribution in [2.75, 3.05) is 7.11 Å². The Morgan fingerprint density at radius 3 is 2.54 bits per heavy atom. The van der Waals surface area contributed by atoms with Gasteiger partial charge in [0.15, 0.2) is 0 Å². The van der Waals surface area contributed by atoms with Crippen LogP contribution in [0.4, 0.5) is 13.2 Å². The predicted octanol–water partition coefficient (Wildman–Crippen LogP) is 3.33. The highest BCUT2D eigenvalue weighted by atomic mass is 19.4. The van der Waals surface area contributed by atoms with Crippen LogP contribution in [0.5, 0.6) is 0 Å². The van der Waals surface area contributed by atoms with E-state index in [4.69, 9.17) is 10.1 Å². The number of hydrogen-bond donors (Lipinski definition) is 2. The first-order valence-corrected chi connectivity index (χ1v) is 8.40. The first-order valence-electron chi connectivity index (χ1n) is 8.40. The molecule has 0 atom stereocenters. The van der Waals surface area contributed by atoms with Crippen LogP contribution in [0.2, 0.25) is 0 Å². The van der Waals surface area contributed by atoms with Gasteiger partial charge >= 0.3 is 18.0 Å². The Hall–Kier alpha value is -3.17. The van der Waals surface area contributed by atoms with Gasteiger partial charge in [0.25, 0.3) is 0 Å². The fraction of sp³-hybridized carbons (Fsp3) is 0.333. The van der Waals surface area contributed by atoms with Crippen LogP contribution in [-0.4, -0.2) is 29.4 Å². The molecule has 0 radical (unpaired) electrons. The number of nitrogens with zero attached hydrogens (tertiary/aromatic N) is 2. The lowest BCUT2D eigenvalue weighted by Crippen LogP contribution is -2.21. The number of benzene rings is 1. The summed E-state index contributed by atoms with van der Waals surface area (Å²) in [4.78, 5) is 15.2. The lowest BCUT2D eigenvalue weighted by Gasteiger charge is -2.13. The molecule has 2 aromatic rings. The third-order valence-corrected chi connectivity index (χ3v) is 4.19. The van der Waals surface area contributed by atoms with Crippen LogP contribution in [0.1, 0.15) is 24.3 Å². The van der Waals surface area contributed by atoms with E-state index < -0.39 is 18.0 Å². The van der Waals surface area contributed by atoms with E-state index in [1.807, 2.05) is 0 Å². The Bertz CT molecular complexity index is 900. The zero-order chi connectivity index (χ0) is 20.3. The predicted molar refractivity (Wildman–Crippen MR) is 92.1 cm³/mol. The van der Waals surface area contributed by atoms with E-state index >= 15 is 0 Å². The molecule has 0 amide bonds. The molecule has 0 bridgehead atoms. The molecule has 28 heavy (non-hydrogen) atoms.